The van der Waals surface area contributed by atoms with Crippen molar-refractivity contribution in [1.82, 2.24) is 5.32 Å². The summed E-state index contributed by atoms with van der Waals surface area (Å²) in [5.74, 6) is -0.0293. The first-order valence-corrected chi connectivity index (χ1v) is 7.24. The number of halogens is 1. The molecule has 1 unspecified atom stereocenters. The highest BCUT2D eigenvalue weighted by atomic mass is 79.9. The van der Waals surface area contributed by atoms with Crippen LogP contribution in [0.3, 0.4) is 0 Å². The van der Waals surface area contributed by atoms with Crippen LogP contribution < -0.4 is 11.1 Å². The number of nitrogen functional groups attached to an aromatic ring is 1. The minimum absolute atomic E-state index is 0.0273. The number of nitrogens with one attached hydrogen (secondary N) is 1. The first-order chi connectivity index (χ1) is 9.56. The maximum absolute atomic E-state index is 12.0. The quantitative estimate of drug-likeness (QED) is 0.842. The molecule has 0 radical (unpaired) electrons. The Morgan fingerprint density at radius 3 is 2.50 bits per heavy atom. The molecule has 3 N–H and O–H groups in total. The number of anilines is 1. The fourth-order valence-corrected chi connectivity index (χ4v) is 2.26. The number of nitrogens with two attached hydrogens (primary N) is 1. The average Bonchev–Trinajstić information content (AvgIpc) is 2.42. The van der Waals surface area contributed by atoms with Crippen LogP contribution in [0.4, 0.5) is 5.69 Å². The van der Waals surface area contributed by atoms with Gasteiger partial charge < -0.3 is 11.1 Å². The van der Waals surface area contributed by atoms with Crippen molar-refractivity contribution in [1.29, 1.82) is 0 Å². The van der Waals surface area contributed by atoms with Crippen molar-refractivity contribution in [3.63, 3.8) is 0 Å². The molecule has 4 heteroatoms. The Bertz CT molecular complexity index is 596. The van der Waals surface area contributed by atoms with E-state index in [2.05, 4.69) is 21.2 Å². The predicted molar refractivity (Wildman–Crippen MR) is 85.3 cm³/mol. The van der Waals surface area contributed by atoms with Gasteiger partial charge in [0.1, 0.15) is 0 Å². The van der Waals surface area contributed by atoms with Gasteiger partial charge in [-0.1, -0.05) is 46.3 Å². The van der Waals surface area contributed by atoms with Crippen LogP contribution in [0, 0.1) is 0 Å². The van der Waals surface area contributed by atoms with Gasteiger partial charge in [0, 0.05) is 10.2 Å². The summed E-state index contributed by atoms with van der Waals surface area (Å²) in [5.41, 5.74) is 8.42. The highest BCUT2D eigenvalue weighted by Crippen LogP contribution is 2.17. The van der Waals surface area contributed by atoms with Crippen LogP contribution in [-0.2, 0) is 11.2 Å². The molecule has 0 saturated carbocycles. The van der Waals surface area contributed by atoms with Gasteiger partial charge in [0.15, 0.2) is 0 Å². The molecule has 2 rings (SSSR count). The Kier molecular flexibility index (Phi) is 4.79. The van der Waals surface area contributed by atoms with Gasteiger partial charge >= 0.3 is 0 Å². The van der Waals surface area contributed by atoms with Crippen molar-refractivity contribution >= 4 is 27.5 Å². The van der Waals surface area contributed by atoms with Gasteiger partial charge in [-0.2, -0.15) is 0 Å². The standard InChI is InChI=1S/C16H17BrN2O/c1-11(12-6-8-14(17)9-7-12)19-16(20)10-13-4-2-3-5-15(13)18/h2-9,11H,10,18H2,1H3,(H,19,20). The Labute approximate surface area is 127 Å². The van der Waals surface area contributed by atoms with Gasteiger partial charge in [-0.05, 0) is 36.2 Å². The largest absolute Gasteiger partial charge is 0.398 e. The zero-order valence-corrected chi connectivity index (χ0v) is 12.9. The molecule has 1 amide bonds. The topological polar surface area (TPSA) is 55.1 Å². The normalized spacial score (nSPS) is 11.9. The van der Waals surface area contributed by atoms with Gasteiger partial charge in [0.2, 0.25) is 5.91 Å². The molecule has 104 valence electrons. The number of rotatable bonds is 4. The first-order valence-electron chi connectivity index (χ1n) is 6.44. The van der Waals surface area contributed by atoms with Crippen LogP contribution >= 0.6 is 15.9 Å². The monoisotopic (exact) mass is 332 g/mol. The van der Waals surface area contributed by atoms with Crippen LogP contribution in [0.15, 0.2) is 53.0 Å². The number of para-hydroxylation sites is 1. The third-order valence-electron chi connectivity index (χ3n) is 3.15. The minimum Gasteiger partial charge on any atom is -0.398 e. The molecular formula is C16H17BrN2O. The van der Waals surface area contributed by atoms with Crippen molar-refractivity contribution in [2.45, 2.75) is 19.4 Å². The highest BCUT2D eigenvalue weighted by molar-refractivity contribution is 9.10. The van der Waals surface area contributed by atoms with Crippen LogP contribution in [0.5, 0.6) is 0 Å². The summed E-state index contributed by atoms with van der Waals surface area (Å²) in [6, 6.07) is 15.3. The van der Waals surface area contributed by atoms with Gasteiger partial charge in [-0.3, -0.25) is 4.79 Å². The van der Waals surface area contributed by atoms with Gasteiger partial charge in [0.05, 0.1) is 12.5 Å². The summed E-state index contributed by atoms with van der Waals surface area (Å²) < 4.78 is 1.02. The molecule has 2 aromatic rings. The van der Waals surface area contributed by atoms with E-state index in [0.29, 0.717) is 12.1 Å². The summed E-state index contributed by atoms with van der Waals surface area (Å²) in [5, 5.41) is 2.98. The van der Waals surface area contributed by atoms with Gasteiger partial charge in [0.25, 0.3) is 0 Å². The SMILES string of the molecule is CC(NC(=O)Cc1ccccc1N)c1ccc(Br)cc1. The zero-order valence-electron chi connectivity index (χ0n) is 11.3. The van der Waals surface area contributed by atoms with Crippen molar-refractivity contribution in [3.8, 4) is 0 Å². The molecule has 0 saturated heterocycles. The first kappa shape index (κ1) is 14.6. The molecule has 0 bridgehead atoms. The summed E-state index contributed by atoms with van der Waals surface area (Å²) >= 11 is 3.40. The van der Waals surface area contributed by atoms with Crippen molar-refractivity contribution in [2.75, 3.05) is 5.73 Å². The number of carbonyl (C=O) groups is 1. The maximum Gasteiger partial charge on any atom is 0.224 e. The zero-order chi connectivity index (χ0) is 14.5. The molecule has 0 aliphatic heterocycles. The number of carbonyl (C=O) groups excluding carboxylic acids is 1. The van der Waals surface area contributed by atoms with E-state index in [0.717, 1.165) is 15.6 Å². The van der Waals surface area contributed by atoms with Crippen molar-refractivity contribution in [2.24, 2.45) is 0 Å². The summed E-state index contributed by atoms with van der Waals surface area (Å²) in [6.45, 7) is 1.97. The second-order valence-corrected chi connectivity index (χ2v) is 5.63. The average molecular weight is 333 g/mol. The van der Waals surface area contributed by atoms with E-state index in [1.54, 1.807) is 6.07 Å². The van der Waals surface area contributed by atoms with E-state index in [4.69, 9.17) is 5.73 Å². The lowest BCUT2D eigenvalue weighted by Crippen LogP contribution is -2.28. The second-order valence-electron chi connectivity index (χ2n) is 4.72. The van der Waals surface area contributed by atoms with Crippen LogP contribution in [0.2, 0.25) is 0 Å². The van der Waals surface area contributed by atoms with E-state index in [1.807, 2.05) is 49.4 Å². The maximum atomic E-state index is 12.0. The Hall–Kier alpha value is -1.81. The summed E-state index contributed by atoms with van der Waals surface area (Å²) in [4.78, 5) is 12.0. The van der Waals surface area contributed by atoms with Gasteiger partial charge in [-0.25, -0.2) is 0 Å². The van der Waals surface area contributed by atoms with E-state index >= 15 is 0 Å². The van der Waals surface area contributed by atoms with Gasteiger partial charge in [-0.15, -0.1) is 0 Å². The smallest absolute Gasteiger partial charge is 0.224 e. The molecule has 0 aliphatic carbocycles. The van der Waals surface area contributed by atoms with E-state index in [1.165, 1.54) is 0 Å². The number of hydrogen-bond donors (Lipinski definition) is 2. The summed E-state index contributed by atoms with van der Waals surface area (Å²) in [6.07, 6.45) is 0.299. The molecule has 20 heavy (non-hydrogen) atoms. The molecule has 0 heterocycles. The van der Waals surface area contributed by atoms with Crippen molar-refractivity contribution in [3.05, 3.63) is 64.1 Å². The molecule has 0 aromatic heterocycles. The lowest BCUT2D eigenvalue weighted by Gasteiger charge is -2.15. The Morgan fingerprint density at radius 1 is 1.20 bits per heavy atom. The summed E-state index contributed by atoms with van der Waals surface area (Å²) in [7, 11) is 0. The van der Waals surface area contributed by atoms with E-state index in [-0.39, 0.29) is 11.9 Å². The third kappa shape index (κ3) is 3.84. The lowest BCUT2D eigenvalue weighted by molar-refractivity contribution is -0.121. The fourth-order valence-electron chi connectivity index (χ4n) is 2.00. The Balaban J connectivity index is 1.98. The van der Waals surface area contributed by atoms with Crippen LogP contribution in [-0.4, -0.2) is 5.91 Å². The molecule has 0 spiro atoms. The number of benzene rings is 2. The number of amides is 1. The van der Waals surface area contributed by atoms with E-state index in [9.17, 15) is 4.79 Å². The second kappa shape index (κ2) is 6.57. The Morgan fingerprint density at radius 2 is 1.85 bits per heavy atom. The third-order valence-corrected chi connectivity index (χ3v) is 3.68. The molecule has 0 aliphatic rings. The van der Waals surface area contributed by atoms with Crippen LogP contribution in [0.25, 0.3) is 0 Å². The fraction of sp³-hybridized carbons (Fsp3) is 0.188. The van der Waals surface area contributed by atoms with Crippen LogP contribution in [0.1, 0.15) is 24.1 Å². The number of hydrogen-bond acceptors (Lipinski definition) is 2. The predicted octanol–water partition coefficient (Wildman–Crippen LogP) is 3.45. The molecule has 2 aromatic carbocycles. The minimum atomic E-state index is -0.0293. The molecule has 3 nitrogen and oxygen atoms in total. The molecular weight excluding hydrogens is 316 g/mol. The van der Waals surface area contributed by atoms with Crippen molar-refractivity contribution < 1.29 is 4.79 Å². The highest BCUT2D eigenvalue weighted by Gasteiger charge is 2.11. The van der Waals surface area contributed by atoms with E-state index < -0.39 is 0 Å². The molecule has 0 fully saturated rings. The lowest BCUT2D eigenvalue weighted by atomic mass is 10.1. The molecule has 1 atom stereocenters.